The van der Waals surface area contributed by atoms with Crippen LogP contribution < -0.4 is 20.1 Å². The van der Waals surface area contributed by atoms with Gasteiger partial charge < -0.3 is 20.1 Å². The summed E-state index contributed by atoms with van der Waals surface area (Å²) in [5.41, 5.74) is -1.02. The Kier molecular flexibility index (Phi) is 5.29. The van der Waals surface area contributed by atoms with Crippen molar-refractivity contribution in [2.24, 2.45) is 0 Å². The third kappa shape index (κ3) is 4.45. The molecule has 184 valence electrons. The van der Waals surface area contributed by atoms with Gasteiger partial charge in [0.05, 0.1) is 11.6 Å². The third-order valence-electron chi connectivity index (χ3n) is 5.67. The Labute approximate surface area is 193 Å². The zero-order valence-corrected chi connectivity index (χ0v) is 17.6. The van der Waals surface area contributed by atoms with E-state index in [0.717, 1.165) is 24.3 Å². The largest absolute Gasteiger partial charge is 0.454 e. The molecule has 0 fully saturated rings. The van der Waals surface area contributed by atoms with Crippen LogP contribution in [0.2, 0.25) is 0 Å². The minimum Gasteiger partial charge on any atom is -0.454 e. The van der Waals surface area contributed by atoms with Crippen LogP contribution in [0, 0.1) is 0 Å². The van der Waals surface area contributed by atoms with Crippen LogP contribution in [-0.4, -0.2) is 28.7 Å². The van der Waals surface area contributed by atoms with Gasteiger partial charge in [0.15, 0.2) is 23.2 Å². The summed E-state index contributed by atoms with van der Waals surface area (Å²) in [6.07, 6.45) is -9.71. The lowest BCUT2D eigenvalue weighted by Crippen LogP contribution is -2.35. The van der Waals surface area contributed by atoms with Gasteiger partial charge in [0.2, 0.25) is 6.79 Å². The highest BCUT2D eigenvalue weighted by Gasteiger charge is 2.47. The van der Waals surface area contributed by atoms with E-state index >= 15 is 0 Å². The molecule has 0 bridgehead atoms. The van der Waals surface area contributed by atoms with Crippen molar-refractivity contribution in [3.63, 3.8) is 0 Å². The molecular weight excluding hydrogens is 482 g/mol. The van der Waals surface area contributed by atoms with E-state index in [1.165, 1.54) is 6.07 Å². The lowest BCUT2D eigenvalue weighted by atomic mass is 9.96. The maximum atomic E-state index is 13.9. The number of rotatable bonds is 3. The predicted molar refractivity (Wildman–Crippen MR) is 110 cm³/mol. The fourth-order valence-electron chi connectivity index (χ4n) is 4.00. The molecule has 2 aromatic carbocycles. The molecule has 1 amide bonds. The molecule has 0 radical (unpaired) electrons. The first-order chi connectivity index (χ1) is 16.5. The zero-order valence-electron chi connectivity index (χ0n) is 17.6. The molecule has 0 unspecified atom stereocenters. The molecule has 35 heavy (non-hydrogen) atoms. The molecule has 5 rings (SSSR count). The molecule has 0 spiro atoms. The van der Waals surface area contributed by atoms with Crippen LogP contribution in [0.25, 0.3) is 0 Å². The Morgan fingerprint density at radius 1 is 1.03 bits per heavy atom. The number of aromatic nitrogens is 2. The quantitative estimate of drug-likeness (QED) is 0.464. The summed E-state index contributed by atoms with van der Waals surface area (Å²) < 4.78 is 91.7. The second-order valence-corrected chi connectivity index (χ2v) is 7.99. The monoisotopic (exact) mass is 498 g/mol. The van der Waals surface area contributed by atoms with Gasteiger partial charge in [-0.05, 0) is 35.9 Å². The molecule has 1 aromatic heterocycles. The molecule has 7 nitrogen and oxygen atoms in total. The highest BCUT2D eigenvalue weighted by atomic mass is 19.4. The number of carbonyl (C=O) groups excluding carboxylic acids is 1. The fourth-order valence-corrected chi connectivity index (χ4v) is 4.00. The van der Waals surface area contributed by atoms with Gasteiger partial charge in [0.25, 0.3) is 5.91 Å². The Hall–Kier alpha value is -3.90. The number of fused-ring (bicyclic) bond motifs is 2. The number of nitrogens with one attached hydrogen (secondary N) is 2. The second kappa shape index (κ2) is 8.10. The van der Waals surface area contributed by atoms with Gasteiger partial charge in [-0.1, -0.05) is 12.1 Å². The number of hydrogen-bond acceptors (Lipinski definition) is 5. The number of alkyl halides is 6. The highest BCUT2D eigenvalue weighted by molar-refractivity contribution is 6.03. The molecule has 2 aliphatic rings. The van der Waals surface area contributed by atoms with Crippen LogP contribution in [0.3, 0.4) is 0 Å². The Morgan fingerprint density at radius 2 is 1.80 bits per heavy atom. The normalized spacial score (nSPS) is 19.1. The van der Waals surface area contributed by atoms with Crippen LogP contribution in [0.15, 0.2) is 48.5 Å². The molecule has 3 aromatic rings. The summed E-state index contributed by atoms with van der Waals surface area (Å²) in [6.45, 7) is 0.0131. The van der Waals surface area contributed by atoms with Crippen LogP contribution in [0.5, 0.6) is 11.5 Å². The molecule has 0 saturated heterocycles. The molecular formula is C22H16F6N4O3. The van der Waals surface area contributed by atoms with Crippen molar-refractivity contribution in [2.75, 3.05) is 17.4 Å². The highest BCUT2D eigenvalue weighted by Crippen LogP contribution is 2.45. The number of benzene rings is 2. The van der Waals surface area contributed by atoms with Crippen molar-refractivity contribution < 1.29 is 40.6 Å². The van der Waals surface area contributed by atoms with E-state index in [-0.39, 0.29) is 24.0 Å². The first-order valence-electron chi connectivity index (χ1n) is 10.3. The smallest absolute Gasteiger partial charge is 0.416 e. The topological polar surface area (TPSA) is 77.4 Å². The lowest BCUT2D eigenvalue weighted by molar-refractivity contribution is -0.173. The first kappa shape index (κ1) is 22.9. The standard InChI is InChI=1S/C22H16F6N4O3/c23-21(24,25)12-2-1-3-13(7-12)29-20(33)15-9-19-30-14(8-18(22(26,27)28)32(19)31-15)11-4-5-16-17(6-11)35-10-34-16/h1-7,9,14,18,30H,8,10H2,(H,29,33)/t14-,18-/m0/s1. The second-order valence-electron chi connectivity index (χ2n) is 7.99. The average molecular weight is 498 g/mol. The Bertz CT molecular complexity index is 1290. The number of anilines is 2. The maximum Gasteiger partial charge on any atom is 0.416 e. The molecule has 2 aliphatic heterocycles. The molecule has 0 saturated carbocycles. The summed E-state index contributed by atoms with van der Waals surface area (Å²) in [6, 6.07) is 7.00. The van der Waals surface area contributed by atoms with E-state index in [2.05, 4.69) is 15.7 Å². The van der Waals surface area contributed by atoms with Gasteiger partial charge in [-0.3, -0.25) is 4.79 Å². The van der Waals surface area contributed by atoms with E-state index in [1.807, 2.05) is 0 Å². The van der Waals surface area contributed by atoms with Gasteiger partial charge in [0.1, 0.15) is 5.82 Å². The van der Waals surface area contributed by atoms with Crippen LogP contribution >= 0.6 is 0 Å². The van der Waals surface area contributed by atoms with Gasteiger partial charge >= 0.3 is 12.4 Å². The van der Waals surface area contributed by atoms with E-state index in [1.54, 1.807) is 18.2 Å². The van der Waals surface area contributed by atoms with Crippen LogP contribution in [0.1, 0.15) is 40.1 Å². The zero-order chi connectivity index (χ0) is 25.0. The van der Waals surface area contributed by atoms with Crippen molar-refractivity contribution in [3.8, 4) is 11.5 Å². The molecule has 2 N–H and O–H groups in total. The lowest BCUT2D eigenvalue weighted by Gasteiger charge is -2.33. The van der Waals surface area contributed by atoms with Gasteiger partial charge in [-0.25, -0.2) is 4.68 Å². The minimum atomic E-state index is -4.67. The number of ether oxygens (including phenoxy) is 2. The van der Waals surface area contributed by atoms with Crippen molar-refractivity contribution in [1.29, 1.82) is 0 Å². The summed E-state index contributed by atoms with van der Waals surface area (Å²) in [5.74, 6) is -0.118. The maximum absolute atomic E-state index is 13.9. The minimum absolute atomic E-state index is 0.0131. The molecule has 2 atom stereocenters. The van der Waals surface area contributed by atoms with Crippen molar-refractivity contribution in [2.45, 2.75) is 30.9 Å². The fraction of sp³-hybridized carbons (Fsp3) is 0.273. The summed E-state index contributed by atoms with van der Waals surface area (Å²) in [4.78, 5) is 12.6. The van der Waals surface area contributed by atoms with Crippen molar-refractivity contribution in [1.82, 2.24) is 9.78 Å². The summed E-state index contributed by atoms with van der Waals surface area (Å²) in [5, 5.41) is 9.01. The Morgan fingerprint density at radius 3 is 2.54 bits per heavy atom. The first-order valence-corrected chi connectivity index (χ1v) is 10.3. The number of amides is 1. The third-order valence-corrected chi connectivity index (χ3v) is 5.67. The van der Waals surface area contributed by atoms with Gasteiger partial charge in [0, 0.05) is 18.2 Å². The van der Waals surface area contributed by atoms with Crippen LogP contribution in [0.4, 0.5) is 37.8 Å². The van der Waals surface area contributed by atoms with E-state index in [0.29, 0.717) is 21.7 Å². The van der Waals surface area contributed by atoms with Crippen molar-refractivity contribution >= 4 is 17.4 Å². The molecule has 3 heterocycles. The summed E-state index contributed by atoms with van der Waals surface area (Å²) >= 11 is 0. The van der Waals surface area contributed by atoms with Crippen LogP contribution in [-0.2, 0) is 6.18 Å². The van der Waals surface area contributed by atoms with E-state index in [9.17, 15) is 31.1 Å². The number of carbonyl (C=O) groups is 1. The Balaban J connectivity index is 1.42. The predicted octanol–water partition coefficient (Wildman–Crippen LogP) is 5.54. The average Bonchev–Trinajstić information content (AvgIpc) is 3.43. The summed E-state index contributed by atoms with van der Waals surface area (Å²) in [7, 11) is 0. The van der Waals surface area contributed by atoms with Crippen molar-refractivity contribution in [3.05, 3.63) is 65.4 Å². The van der Waals surface area contributed by atoms with Gasteiger partial charge in [-0.2, -0.15) is 31.4 Å². The number of nitrogens with zero attached hydrogens (tertiary/aromatic N) is 2. The van der Waals surface area contributed by atoms with Gasteiger partial charge in [-0.15, -0.1) is 0 Å². The molecule has 0 aliphatic carbocycles. The number of hydrogen-bond donors (Lipinski definition) is 2. The molecule has 13 heteroatoms. The SMILES string of the molecule is O=C(Nc1cccc(C(F)(F)F)c1)c1cc2n(n1)[C@H](C(F)(F)F)C[C@@H](c1ccc3c(c1)OCO3)N2. The number of halogens is 6. The van der Waals surface area contributed by atoms with E-state index < -0.39 is 42.3 Å². The van der Waals surface area contributed by atoms with E-state index in [4.69, 9.17) is 9.47 Å².